The molecule has 1 saturated heterocycles. The minimum atomic E-state index is 0.0412. The first-order chi connectivity index (χ1) is 11.7. The topological polar surface area (TPSA) is 99.2 Å². The molecule has 0 amide bonds. The summed E-state index contributed by atoms with van der Waals surface area (Å²) in [5.74, 6) is 1.68. The Morgan fingerprint density at radius 2 is 2.33 bits per heavy atom. The van der Waals surface area contributed by atoms with E-state index >= 15 is 0 Å². The molecular formula is C16H24N6O2. The first kappa shape index (κ1) is 16.7. The molecule has 1 aliphatic heterocycles. The van der Waals surface area contributed by atoms with Gasteiger partial charge in [0.15, 0.2) is 0 Å². The summed E-state index contributed by atoms with van der Waals surface area (Å²) in [7, 11) is 2.00. The summed E-state index contributed by atoms with van der Waals surface area (Å²) < 4.78 is 5.49. The zero-order valence-electron chi connectivity index (χ0n) is 14.1. The Morgan fingerprint density at radius 3 is 3.00 bits per heavy atom. The number of aliphatic hydroxyl groups is 1. The number of ether oxygens (including phenoxy) is 1. The molecule has 1 atom stereocenters. The van der Waals surface area contributed by atoms with Crippen LogP contribution in [-0.2, 0) is 11.3 Å². The Kier molecular flexibility index (Phi) is 5.27. The second-order valence-corrected chi connectivity index (χ2v) is 6.06. The van der Waals surface area contributed by atoms with Crippen molar-refractivity contribution < 1.29 is 9.84 Å². The average Bonchev–Trinajstić information content (AvgIpc) is 3.25. The molecule has 2 aromatic heterocycles. The van der Waals surface area contributed by atoms with Crippen molar-refractivity contribution in [2.24, 2.45) is 0 Å². The van der Waals surface area contributed by atoms with E-state index in [-0.39, 0.29) is 6.61 Å². The molecule has 0 saturated carbocycles. The molecule has 8 heteroatoms. The predicted octanol–water partition coefficient (Wildman–Crippen LogP) is 1.05. The highest BCUT2D eigenvalue weighted by atomic mass is 16.5. The van der Waals surface area contributed by atoms with Crippen molar-refractivity contribution >= 4 is 11.8 Å². The Labute approximate surface area is 141 Å². The first-order valence-corrected chi connectivity index (χ1v) is 8.19. The fraction of sp³-hybridized carbons (Fsp3) is 0.562. The first-order valence-electron chi connectivity index (χ1n) is 8.19. The van der Waals surface area contributed by atoms with Gasteiger partial charge in [0.2, 0.25) is 5.95 Å². The molecule has 0 bridgehead atoms. The van der Waals surface area contributed by atoms with Crippen molar-refractivity contribution in [2.75, 3.05) is 43.6 Å². The van der Waals surface area contributed by atoms with Gasteiger partial charge in [-0.1, -0.05) is 0 Å². The summed E-state index contributed by atoms with van der Waals surface area (Å²) in [4.78, 5) is 11.2. The lowest BCUT2D eigenvalue weighted by Crippen LogP contribution is -2.20. The fourth-order valence-electron chi connectivity index (χ4n) is 2.74. The van der Waals surface area contributed by atoms with Crippen LogP contribution >= 0.6 is 0 Å². The maximum atomic E-state index is 9.03. The van der Waals surface area contributed by atoms with Gasteiger partial charge in [-0.05, 0) is 13.3 Å². The quantitative estimate of drug-likeness (QED) is 0.697. The highest BCUT2D eigenvalue weighted by Gasteiger charge is 2.21. The van der Waals surface area contributed by atoms with Gasteiger partial charge < -0.3 is 20.1 Å². The van der Waals surface area contributed by atoms with Gasteiger partial charge in [0.05, 0.1) is 25.1 Å². The molecule has 0 radical (unpaired) electrons. The molecule has 3 heterocycles. The van der Waals surface area contributed by atoms with Crippen molar-refractivity contribution in [1.82, 2.24) is 20.2 Å². The predicted molar refractivity (Wildman–Crippen MR) is 91.2 cm³/mol. The summed E-state index contributed by atoms with van der Waals surface area (Å²) >= 11 is 0. The number of aliphatic hydroxyl groups excluding tert-OH is 1. The van der Waals surface area contributed by atoms with E-state index in [4.69, 9.17) is 9.84 Å². The Bertz CT molecular complexity index is 668. The number of aromatic amines is 1. The molecule has 0 unspecified atom stereocenters. The van der Waals surface area contributed by atoms with Crippen LogP contribution in [0, 0.1) is 6.92 Å². The van der Waals surface area contributed by atoms with Crippen molar-refractivity contribution in [3.63, 3.8) is 0 Å². The zero-order valence-corrected chi connectivity index (χ0v) is 14.1. The van der Waals surface area contributed by atoms with Crippen LogP contribution in [0.15, 0.2) is 12.3 Å². The van der Waals surface area contributed by atoms with E-state index < -0.39 is 0 Å². The normalized spacial score (nSPS) is 17.2. The Morgan fingerprint density at radius 1 is 1.46 bits per heavy atom. The largest absolute Gasteiger partial charge is 0.395 e. The second kappa shape index (κ2) is 7.59. The molecule has 130 valence electrons. The Balaban J connectivity index is 1.84. The molecule has 0 aromatic carbocycles. The van der Waals surface area contributed by atoms with Crippen LogP contribution < -0.4 is 10.2 Å². The molecule has 0 aliphatic carbocycles. The van der Waals surface area contributed by atoms with E-state index in [0.29, 0.717) is 31.6 Å². The van der Waals surface area contributed by atoms with Crippen LogP contribution in [0.1, 0.15) is 29.3 Å². The number of rotatable bonds is 7. The highest BCUT2D eigenvalue weighted by molar-refractivity contribution is 5.46. The third-order valence-electron chi connectivity index (χ3n) is 4.21. The SMILES string of the molecule is Cc1[nH]ncc1CN(C)c1cc([C@H]2CCOC2)nc(NCCO)n1. The van der Waals surface area contributed by atoms with Crippen LogP contribution in [0.3, 0.4) is 0 Å². The minimum Gasteiger partial charge on any atom is -0.395 e. The van der Waals surface area contributed by atoms with E-state index in [1.165, 1.54) is 0 Å². The van der Waals surface area contributed by atoms with Crippen molar-refractivity contribution in [2.45, 2.75) is 25.8 Å². The number of anilines is 2. The summed E-state index contributed by atoms with van der Waals surface area (Å²) in [5.41, 5.74) is 3.17. The van der Waals surface area contributed by atoms with Crippen molar-refractivity contribution in [1.29, 1.82) is 0 Å². The van der Waals surface area contributed by atoms with Crippen molar-refractivity contribution in [3.8, 4) is 0 Å². The van der Waals surface area contributed by atoms with Gasteiger partial charge in [0, 0.05) is 50.0 Å². The monoisotopic (exact) mass is 332 g/mol. The molecular weight excluding hydrogens is 308 g/mol. The smallest absolute Gasteiger partial charge is 0.224 e. The standard InChI is InChI=1S/C16H24N6O2/c1-11-13(8-18-21-11)9-22(2)15-7-14(12-3-6-24-10-12)19-16(20-15)17-4-5-23/h7-8,12,23H,3-6,9-10H2,1-2H3,(H,18,21)(H,17,19,20)/t12-/m0/s1. The molecule has 0 spiro atoms. The molecule has 3 rings (SSSR count). The van der Waals surface area contributed by atoms with Gasteiger partial charge in [-0.3, -0.25) is 5.10 Å². The molecule has 8 nitrogen and oxygen atoms in total. The Hall–Kier alpha value is -2.19. The van der Waals surface area contributed by atoms with E-state index in [1.807, 2.05) is 26.2 Å². The van der Waals surface area contributed by atoms with Crippen LogP contribution in [0.4, 0.5) is 11.8 Å². The van der Waals surface area contributed by atoms with E-state index in [0.717, 1.165) is 35.8 Å². The zero-order chi connectivity index (χ0) is 16.9. The van der Waals surface area contributed by atoms with Gasteiger partial charge >= 0.3 is 0 Å². The van der Waals surface area contributed by atoms with Gasteiger partial charge in [0.1, 0.15) is 5.82 Å². The minimum absolute atomic E-state index is 0.0412. The number of nitrogens with one attached hydrogen (secondary N) is 2. The number of aromatic nitrogens is 4. The molecule has 24 heavy (non-hydrogen) atoms. The van der Waals surface area contributed by atoms with Crippen molar-refractivity contribution in [3.05, 3.63) is 29.2 Å². The van der Waals surface area contributed by atoms with Gasteiger partial charge in [-0.25, -0.2) is 4.98 Å². The number of hydrogen-bond acceptors (Lipinski definition) is 7. The number of nitrogens with zero attached hydrogens (tertiary/aromatic N) is 4. The summed E-state index contributed by atoms with van der Waals surface area (Å²) in [6, 6.07) is 2.03. The van der Waals surface area contributed by atoms with Crippen LogP contribution in [-0.4, -0.2) is 58.7 Å². The molecule has 1 fully saturated rings. The summed E-state index contributed by atoms with van der Waals surface area (Å²) in [6.07, 6.45) is 2.81. The van der Waals surface area contributed by atoms with Crippen LogP contribution in [0.5, 0.6) is 0 Å². The lowest BCUT2D eigenvalue weighted by Gasteiger charge is -2.20. The average molecular weight is 332 g/mol. The van der Waals surface area contributed by atoms with E-state index in [2.05, 4.69) is 30.4 Å². The van der Waals surface area contributed by atoms with E-state index in [1.54, 1.807) is 0 Å². The third kappa shape index (κ3) is 3.82. The lowest BCUT2D eigenvalue weighted by atomic mass is 10.0. The third-order valence-corrected chi connectivity index (χ3v) is 4.21. The maximum absolute atomic E-state index is 9.03. The van der Waals surface area contributed by atoms with Gasteiger partial charge in [-0.15, -0.1) is 0 Å². The number of H-pyrrole nitrogens is 1. The molecule has 1 aliphatic rings. The van der Waals surface area contributed by atoms with E-state index in [9.17, 15) is 0 Å². The van der Waals surface area contributed by atoms with Gasteiger partial charge in [0.25, 0.3) is 0 Å². The summed E-state index contributed by atoms with van der Waals surface area (Å²) in [5, 5.41) is 19.1. The fourth-order valence-corrected chi connectivity index (χ4v) is 2.74. The number of aryl methyl sites for hydroxylation is 1. The highest BCUT2D eigenvalue weighted by Crippen LogP contribution is 2.27. The number of hydrogen-bond donors (Lipinski definition) is 3. The summed E-state index contributed by atoms with van der Waals surface area (Å²) in [6.45, 7) is 4.65. The van der Waals surface area contributed by atoms with Crippen LogP contribution in [0.25, 0.3) is 0 Å². The van der Waals surface area contributed by atoms with Crippen LogP contribution in [0.2, 0.25) is 0 Å². The maximum Gasteiger partial charge on any atom is 0.224 e. The van der Waals surface area contributed by atoms with Gasteiger partial charge in [-0.2, -0.15) is 10.1 Å². The molecule has 3 N–H and O–H groups in total. The second-order valence-electron chi connectivity index (χ2n) is 6.06. The molecule has 2 aromatic rings. The lowest BCUT2D eigenvalue weighted by molar-refractivity contribution is 0.193.